The minimum atomic E-state index is -0.291. The summed E-state index contributed by atoms with van der Waals surface area (Å²) in [5, 5.41) is 0. The molecule has 1 aromatic carbocycles. The first-order valence-corrected chi connectivity index (χ1v) is 6.99. The van der Waals surface area contributed by atoms with Gasteiger partial charge in [0.15, 0.2) is 10.7 Å². The predicted molar refractivity (Wildman–Crippen MR) is 79.5 cm³/mol. The lowest BCUT2D eigenvalue weighted by Gasteiger charge is -2.06. The Morgan fingerprint density at radius 3 is 2.60 bits per heavy atom. The van der Waals surface area contributed by atoms with Gasteiger partial charge in [-0.25, -0.2) is 0 Å². The average Bonchev–Trinajstić information content (AvgIpc) is 2.76. The van der Waals surface area contributed by atoms with Gasteiger partial charge in [-0.15, -0.1) is 0 Å². The van der Waals surface area contributed by atoms with Crippen LogP contribution in [0.3, 0.4) is 0 Å². The molecule has 0 unspecified atom stereocenters. The first-order chi connectivity index (χ1) is 9.58. The molecule has 3 aromatic rings. The van der Waals surface area contributed by atoms with Gasteiger partial charge in [-0.1, -0.05) is 41.7 Å². The highest BCUT2D eigenvalue weighted by atomic mass is 32.1. The van der Waals surface area contributed by atoms with Gasteiger partial charge < -0.3 is 0 Å². The lowest BCUT2D eigenvalue weighted by molar-refractivity contribution is 0.102. The highest BCUT2D eigenvalue weighted by Gasteiger charge is 2.16. The molecule has 0 saturated heterocycles. The van der Waals surface area contributed by atoms with Gasteiger partial charge in [-0.3, -0.25) is 14.0 Å². The summed E-state index contributed by atoms with van der Waals surface area (Å²) in [7, 11) is 0. The molecule has 0 aliphatic carbocycles. The van der Waals surface area contributed by atoms with E-state index in [1.165, 1.54) is 24.3 Å². The molecule has 0 fully saturated rings. The van der Waals surface area contributed by atoms with Crippen molar-refractivity contribution in [3.8, 4) is 11.3 Å². The molecule has 0 aliphatic rings. The number of carbonyl (C=O) groups is 1. The summed E-state index contributed by atoms with van der Waals surface area (Å²) in [6.07, 6.45) is 0. The molecular formula is C15H12N2O2S. The number of ketones is 1. The standard InChI is InChI=1S/C15H12N2O2S/c1-9-14(10(2)18)20-15-16-13(19)8-12(17(9)15)11-6-4-3-5-7-11/h3-8H,1-2H3. The Morgan fingerprint density at radius 2 is 1.95 bits per heavy atom. The molecule has 0 aliphatic heterocycles. The van der Waals surface area contributed by atoms with Gasteiger partial charge in [-0.05, 0) is 12.5 Å². The number of aromatic nitrogens is 2. The van der Waals surface area contributed by atoms with Crippen molar-refractivity contribution in [1.82, 2.24) is 9.38 Å². The Morgan fingerprint density at radius 1 is 1.25 bits per heavy atom. The van der Waals surface area contributed by atoms with E-state index in [0.29, 0.717) is 9.84 Å². The van der Waals surface area contributed by atoms with E-state index in [2.05, 4.69) is 4.98 Å². The molecule has 0 saturated carbocycles. The summed E-state index contributed by atoms with van der Waals surface area (Å²) >= 11 is 1.26. The van der Waals surface area contributed by atoms with Gasteiger partial charge in [0.25, 0.3) is 5.56 Å². The zero-order valence-electron chi connectivity index (χ0n) is 11.1. The van der Waals surface area contributed by atoms with E-state index in [1.54, 1.807) is 0 Å². The number of rotatable bonds is 2. The van der Waals surface area contributed by atoms with Crippen LogP contribution in [-0.4, -0.2) is 15.2 Å². The van der Waals surface area contributed by atoms with Crippen molar-refractivity contribution in [2.45, 2.75) is 13.8 Å². The Labute approximate surface area is 119 Å². The van der Waals surface area contributed by atoms with Crippen molar-refractivity contribution >= 4 is 22.1 Å². The summed E-state index contributed by atoms with van der Waals surface area (Å²) in [4.78, 5) is 28.6. The zero-order valence-corrected chi connectivity index (χ0v) is 11.9. The summed E-state index contributed by atoms with van der Waals surface area (Å²) in [6.45, 7) is 3.40. The van der Waals surface area contributed by atoms with Crippen LogP contribution in [0.1, 0.15) is 22.3 Å². The normalized spacial score (nSPS) is 10.9. The van der Waals surface area contributed by atoms with Gasteiger partial charge in [0.2, 0.25) is 0 Å². The number of thiazole rings is 1. The Bertz CT molecular complexity index is 863. The van der Waals surface area contributed by atoms with Crippen molar-refractivity contribution in [3.63, 3.8) is 0 Å². The van der Waals surface area contributed by atoms with Crippen LogP contribution in [0.2, 0.25) is 0 Å². The van der Waals surface area contributed by atoms with Crippen LogP contribution >= 0.6 is 11.3 Å². The van der Waals surface area contributed by atoms with Crippen molar-refractivity contribution < 1.29 is 4.79 Å². The third-order valence-corrected chi connectivity index (χ3v) is 4.39. The van der Waals surface area contributed by atoms with E-state index in [1.807, 2.05) is 41.7 Å². The Kier molecular flexibility index (Phi) is 2.99. The molecule has 0 radical (unpaired) electrons. The second-order valence-corrected chi connectivity index (χ2v) is 5.51. The predicted octanol–water partition coefficient (Wildman–Crippen LogP) is 2.93. The van der Waals surface area contributed by atoms with Crippen molar-refractivity contribution in [1.29, 1.82) is 0 Å². The van der Waals surface area contributed by atoms with Crippen LogP contribution in [0.15, 0.2) is 41.2 Å². The quantitative estimate of drug-likeness (QED) is 0.680. The zero-order chi connectivity index (χ0) is 14.3. The maximum absolute atomic E-state index is 11.8. The third-order valence-electron chi connectivity index (χ3n) is 3.14. The molecule has 20 heavy (non-hydrogen) atoms. The number of nitrogens with zero attached hydrogens (tertiary/aromatic N) is 2. The molecule has 0 bridgehead atoms. The van der Waals surface area contributed by atoms with E-state index in [4.69, 9.17) is 0 Å². The largest absolute Gasteiger partial charge is 0.294 e. The molecular weight excluding hydrogens is 272 g/mol. The van der Waals surface area contributed by atoms with Gasteiger partial charge in [0, 0.05) is 18.7 Å². The number of Topliss-reactive ketones (excluding diaryl/α,β-unsaturated/α-hetero) is 1. The molecule has 0 amide bonds. The van der Waals surface area contributed by atoms with Gasteiger partial charge >= 0.3 is 0 Å². The summed E-state index contributed by atoms with van der Waals surface area (Å²) in [5.74, 6) is -0.00976. The minimum absolute atomic E-state index is 0.00976. The van der Waals surface area contributed by atoms with Gasteiger partial charge in [-0.2, -0.15) is 4.98 Å². The average molecular weight is 284 g/mol. The summed E-state index contributed by atoms with van der Waals surface area (Å²) in [5.41, 5.74) is 2.23. The smallest absolute Gasteiger partial charge is 0.274 e. The molecule has 0 N–H and O–H groups in total. The molecule has 0 spiro atoms. The molecule has 0 atom stereocenters. The van der Waals surface area contributed by atoms with Crippen LogP contribution in [-0.2, 0) is 0 Å². The van der Waals surface area contributed by atoms with Crippen LogP contribution < -0.4 is 5.56 Å². The van der Waals surface area contributed by atoms with Crippen molar-refractivity contribution in [3.05, 3.63) is 57.3 Å². The fourth-order valence-corrected chi connectivity index (χ4v) is 3.30. The van der Waals surface area contributed by atoms with Gasteiger partial charge in [0.05, 0.1) is 10.6 Å². The van der Waals surface area contributed by atoms with Crippen LogP contribution in [0, 0.1) is 6.92 Å². The maximum Gasteiger partial charge on any atom is 0.274 e. The van der Waals surface area contributed by atoms with E-state index < -0.39 is 0 Å². The Hall–Kier alpha value is -2.27. The van der Waals surface area contributed by atoms with Crippen molar-refractivity contribution in [2.24, 2.45) is 0 Å². The summed E-state index contributed by atoms with van der Waals surface area (Å²) in [6, 6.07) is 11.1. The fraction of sp³-hybridized carbons (Fsp3) is 0.133. The molecule has 100 valence electrons. The SMILES string of the molecule is CC(=O)c1sc2nc(=O)cc(-c3ccccc3)n2c1C. The number of hydrogen-bond acceptors (Lipinski definition) is 4. The van der Waals surface area contributed by atoms with Crippen molar-refractivity contribution in [2.75, 3.05) is 0 Å². The highest BCUT2D eigenvalue weighted by molar-refractivity contribution is 7.19. The molecule has 2 heterocycles. The second kappa shape index (κ2) is 4.68. The second-order valence-electron chi connectivity index (χ2n) is 4.54. The highest BCUT2D eigenvalue weighted by Crippen LogP contribution is 2.27. The number of carbonyl (C=O) groups excluding carboxylic acids is 1. The summed E-state index contributed by atoms with van der Waals surface area (Å²) < 4.78 is 1.87. The number of hydrogen-bond donors (Lipinski definition) is 0. The van der Waals surface area contributed by atoms with Crippen LogP contribution in [0.4, 0.5) is 0 Å². The number of fused-ring (bicyclic) bond motifs is 1. The molecule has 3 rings (SSSR count). The topological polar surface area (TPSA) is 51.4 Å². The molecule has 5 heteroatoms. The lowest BCUT2D eigenvalue weighted by Crippen LogP contribution is -2.09. The lowest BCUT2D eigenvalue weighted by atomic mass is 10.1. The Balaban J connectivity index is 2.43. The monoisotopic (exact) mass is 284 g/mol. The fourth-order valence-electron chi connectivity index (χ4n) is 2.27. The van der Waals surface area contributed by atoms with E-state index >= 15 is 0 Å². The number of aryl methyl sites for hydroxylation is 1. The first-order valence-electron chi connectivity index (χ1n) is 6.17. The number of benzene rings is 1. The molecule has 4 nitrogen and oxygen atoms in total. The van der Waals surface area contributed by atoms with E-state index in [-0.39, 0.29) is 11.3 Å². The maximum atomic E-state index is 11.8. The van der Waals surface area contributed by atoms with E-state index in [9.17, 15) is 9.59 Å². The minimum Gasteiger partial charge on any atom is -0.294 e. The molecule has 2 aromatic heterocycles. The van der Waals surface area contributed by atoms with Crippen LogP contribution in [0.5, 0.6) is 0 Å². The van der Waals surface area contributed by atoms with Gasteiger partial charge in [0.1, 0.15) is 0 Å². The van der Waals surface area contributed by atoms with Crippen LogP contribution in [0.25, 0.3) is 16.2 Å². The van der Waals surface area contributed by atoms with E-state index in [0.717, 1.165) is 17.0 Å². The third kappa shape index (κ3) is 1.96. The first kappa shape index (κ1) is 12.7.